The molecule has 1 aromatic heterocycles. The van der Waals surface area contributed by atoms with Gasteiger partial charge in [0.25, 0.3) is 0 Å². The molecule has 2 heterocycles. The number of likely N-dealkylation sites (tertiary alicyclic amines) is 1. The molecule has 3 rings (SSSR count). The van der Waals surface area contributed by atoms with Crippen LogP contribution in [0.1, 0.15) is 44.0 Å². The number of imide groups is 1. The third-order valence-electron chi connectivity index (χ3n) is 5.82. The van der Waals surface area contributed by atoms with Gasteiger partial charge < -0.3 is 10.2 Å². The molecule has 0 saturated carbocycles. The molecule has 0 aromatic carbocycles. The molecular formula is C22H31N3O3S. The molecule has 1 aliphatic heterocycles. The lowest BCUT2D eigenvalue weighted by atomic mass is 9.85. The second kappa shape index (κ2) is 9.22. The topological polar surface area (TPSA) is 69.7 Å². The van der Waals surface area contributed by atoms with Crippen LogP contribution in [-0.2, 0) is 14.4 Å². The molecule has 0 radical (unpaired) electrons. The zero-order chi connectivity index (χ0) is 21.1. The number of nitrogens with zero attached hydrogens (tertiary/aromatic N) is 2. The fourth-order valence-electron chi connectivity index (χ4n) is 4.24. The first kappa shape index (κ1) is 21.7. The van der Waals surface area contributed by atoms with Crippen LogP contribution in [-0.4, -0.2) is 54.2 Å². The summed E-state index contributed by atoms with van der Waals surface area (Å²) >= 11 is 1.65. The molecule has 7 heteroatoms. The fraction of sp³-hybridized carbons (Fsp3) is 0.591. The number of amides is 3. The van der Waals surface area contributed by atoms with E-state index in [1.165, 1.54) is 9.78 Å². The molecule has 1 N–H and O–H groups in total. The SMILES string of the molecule is CC(C)C[C@H](C(=O)NC[C@@H](c1cccs1)N(C)C)N1C(=O)[C@H]2CC=CC[C@H]2C1=O. The summed E-state index contributed by atoms with van der Waals surface area (Å²) < 4.78 is 0. The standard InChI is InChI=1S/C22H31N3O3S/c1-14(2)12-17(25-21(27)15-8-5-6-9-16(15)22(25)28)20(26)23-13-18(24(3)4)19-10-7-11-29-19/h5-7,10-11,14-18H,8-9,12-13H2,1-4H3,(H,23,26)/t15-,16+,17-,18+/m1/s1. The monoisotopic (exact) mass is 417 g/mol. The molecular weight excluding hydrogens is 386 g/mol. The third kappa shape index (κ3) is 4.61. The summed E-state index contributed by atoms with van der Waals surface area (Å²) in [6.45, 7) is 4.45. The number of hydrogen-bond donors (Lipinski definition) is 1. The van der Waals surface area contributed by atoms with Gasteiger partial charge in [-0.15, -0.1) is 11.3 Å². The third-order valence-corrected chi connectivity index (χ3v) is 6.79. The summed E-state index contributed by atoms with van der Waals surface area (Å²) in [5, 5.41) is 5.04. The van der Waals surface area contributed by atoms with Crippen molar-refractivity contribution >= 4 is 29.1 Å². The van der Waals surface area contributed by atoms with Gasteiger partial charge in [0.1, 0.15) is 6.04 Å². The average Bonchev–Trinajstić information content (AvgIpc) is 3.28. The minimum absolute atomic E-state index is 0.0513. The highest BCUT2D eigenvalue weighted by molar-refractivity contribution is 7.10. The Labute approximate surface area is 176 Å². The quantitative estimate of drug-likeness (QED) is 0.522. The lowest BCUT2D eigenvalue weighted by Gasteiger charge is -2.29. The van der Waals surface area contributed by atoms with Crippen LogP contribution in [0.25, 0.3) is 0 Å². The number of rotatable bonds is 8. The number of thiophene rings is 1. The first-order valence-corrected chi connectivity index (χ1v) is 11.2. The number of likely N-dealkylation sites (N-methyl/N-ethyl adjacent to an activating group) is 1. The molecule has 158 valence electrons. The number of fused-ring (bicyclic) bond motifs is 1. The maximum absolute atomic E-state index is 13.2. The van der Waals surface area contributed by atoms with E-state index in [4.69, 9.17) is 0 Å². The number of hydrogen-bond acceptors (Lipinski definition) is 5. The van der Waals surface area contributed by atoms with Crippen molar-refractivity contribution in [2.75, 3.05) is 20.6 Å². The van der Waals surface area contributed by atoms with E-state index in [1.807, 2.05) is 51.5 Å². The van der Waals surface area contributed by atoms with Crippen LogP contribution >= 0.6 is 11.3 Å². The minimum Gasteiger partial charge on any atom is -0.352 e. The Bertz CT molecular complexity index is 746. The lowest BCUT2D eigenvalue weighted by Crippen LogP contribution is -2.51. The van der Waals surface area contributed by atoms with Gasteiger partial charge in [-0.05, 0) is 50.7 Å². The van der Waals surface area contributed by atoms with E-state index in [0.717, 1.165) is 0 Å². The smallest absolute Gasteiger partial charge is 0.243 e. The van der Waals surface area contributed by atoms with Crippen LogP contribution in [0.3, 0.4) is 0 Å². The summed E-state index contributed by atoms with van der Waals surface area (Å²) in [6, 6.07) is 3.36. The highest BCUT2D eigenvalue weighted by Crippen LogP contribution is 2.37. The molecule has 3 amide bonds. The Hall–Kier alpha value is -1.99. The molecule has 0 bridgehead atoms. The van der Waals surface area contributed by atoms with Crippen molar-refractivity contribution in [3.05, 3.63) is 34.5 Å². The first-order valence-electron chi connectivity index (χ1n) is 10.3. The summed E-state index contributed by atoms with van der Waals surface area (Å²) in [5.74, 6) is -1.05. The summed E-state index contributed by atoms with van der Waals surface area (Å²) in [7, 11) is 3.96. The van der Waals surface area contributed by atoms with Crippen molar-refractivity contribution in [3.8, 4) is 0 Å². The summed E-state index contributed by atoms with van der Waals surface area (Å²) in [6.07, 6.45) is 5.58. The molecule has 2 aliphatic rings. The second-order valence-electron chi connectivity index (χ2n) is 8.59. The van der Waals surface area contributed by atoms with Crippen LogP contribution in [0, 0.1) is 17.8 Å². The van der Waals surface area contributed by atoms with E-state index in [9.17, 15) is 14.4 Å². The number of carbonyl (C=O) groups is 3. The summed E-state index contributed by atoms with van der Waals surface area (Å²) in [5.41, 5.74) is 0. The molecule has 0 spiro atoms. The van der Waals surface area contributed by atoms with Crippen LogP contribution in [0.4, 0.5) is 0 Å². The molecule has 1 aliphatic carbocycles. The van der Waals surface area contributed by atoms with Crippen molar-refractivity contribution in [3.63, 3.8) is 0 Å². The predicted octanol–water partition coefficient (Wildman–Crippen LogP) is 2.83. The second-order valence-corrected chi connectivity index (χ2v) is 9.57. The van der Waals surface area contributed by atoms with E-state index in [0.29, 0.717) is 25.8 Å². The molecule has 1 saturated heterocycles. The van der Waals surface area contributed by atoms with E-state index in [-0.39, 0.29) is 41.5 Å². The highest BCUT2D eigenvalue weighted by Gasteiger charge is 2.51. The van der Waals surface area contributed by atoms with Crippen molar-refractivity contribution in [1.29, 1.82) is 0 Å². The van der Waals surface area contributed by atoms with Crippen LogP contribution in [0.2, 0.25) is 0 Å². The zero-order valence-corrected chi connectivity index (χ0v) is 18.4. The Kier molecular flexibility index (Phi) is 6.90. The van der Waals surface area contributed by atoms with Gasteiger partial charge in [-0.25, -0.2) is 0 Å². The van der Waals surface area contributed by atoms with Crippen molar-refractivity contribution in [2.45, 2.75) is 45.2 Å². The van der Waals surface area contributed by atoms with Gasteiger partial charge >= 0.3 is 0 Å². The molecule has 1 aromatic rings. The molecule has 6 nitrogen and oxygen atoms in total. The van der Waals surface area contributed by atoms with Gasteiger partial charge in [-0.2, -0.15) is 0 Å². The van der Waals surface area contributed by atoms with E-state index in [1.54, 1.807) is 11.3 Å². The van der Waals surface area contributed by atoms with E-state index >= 15 is 0 Å². The van der Waals surface area contributed by atoms with Crippen LogP contribution in [0.15, 0.2) is 29.7 Å². The van der Waals surface area contributed by atoms with Gasteiger partial charge in [0.2, 0.25) is 17.7 Å². The number of nitrogens with one attached hydrogen (secondary N) is 1. The lowest BCUT2D eigenvalue weighted by molar-refractivity contribution is -0.148. The maximum Gasteiger partial charge on any atom is 0.243 e. The minimum atomic E-state index is -0.744. The van der Waals surface area contributed by atoms with Gasteiger partial charge in [0, 0.05) is 11.4 Å². The van der Waals surface area contributed by atoms with Crippen LogP contribution < -0.4 is 5.32 Å². The van der Waals surface area contributed by atoms with Gasteiger partial charge in [-0.3, -0.25) is 19.3 Å². The van der Waals surface area contributed by atoms with Gasteiger partial charge in [-0.1, -0.05) is 32.1 Å². The Morgan fingerprint density at radius 1 is 1.21 bits per heavy atom. The largest absolute Gasteiger partial charge is 0.352 e. The van der Waals surface area contributed by atoms with Crippen molar-refractivity contribution < 1.29 is 14.4 Å². The average molecular weight is 418 g/mol. The van der Waals surface area contributed by atoms with Crippen LogP contribution in [0.5, 0.6) is 0 Å². The number of allylic oxidation sites excluding steroid dienone is 2. The highest BCUT2D eigenvalue weighted by atomic mass is 32.1. The Morgan fingerprint density at radius 3 is 2.31 bits per heavy atom. The van der Waals surface area contributed by atoms with Gasteiger partial charge in [0.15, 0.2) is 0 Å². The maximum atomic E-state index is 13.2. The Morgan fingerprint density at radius 2 is 1.83 bits per heavy atom. The summed E-state index contributed by atoms with van der Waals surface area (Å²) in [4.78, 5) is 43.7. The molecule has 29 heavy (non-hydrogen) atoms. The molecule has 0 unspecified atom stereocenters. The van der Waals surface area contributed by atoms with Crippen molar-refractivity contribution in [2.24, 2.45) is 17.8 Å². The predicted molar refractivity (Wildman–Crippen MR) is 114 cm³/mol. The molecule has 4 atom stereocenters. The Balaban J connectivity index is 1.75. The van der Waals surface area contributed by atoms with Gasteiger partial charge in [0.05, 0.1) is 17.9 Å². The first-order chi connectivity index (χ1) is 13.8. The normalized spacial score (nSPS) is 23.6. The number of carbonyl (C=O) groups excluding carboxylic acids is 3. The fourth-order valence-corrected chi connectivity index (χ4v) is 5.17. The van der Waals surface area contributed by atoms with E-state index < -0.39 is 6.04 Å². The van der Waals surface area contributed by atoms with E-state index in [2.05, 4.69) is 16.3 Å². The van der Waals surface area contributed by atoms with Crippen molar-refractivity contribution in [1.82, 2.24) is 15.1 Å². The zero-order valence-electron chi connectivity index (χ0n) is 17.6. The molecule has 1 fully saturated rings.